The van der Waals surface area contributed by atoms with Gasteiger partial charge in [0.2, 0.25) is 0 Å². The summed E-state index contributed by atoms with van der Waals surface area (Å²) in [5.74, 6) is 0.681. The topological polar surface area (TPSA) is 26.0 Å². The molecule has 0 aliphatic heterocycles. The maximum Gasteiger partial charge on any atom is -0.00720 e. The molecule has 140 valence electrons. The molecule has 0 amide bonds. The zero-order chi connectivity index (χ0) is 17.7. The summed E-state index contributed by atoms with van der Waals surface area (Å²) in [6, 6.07) is 0. The van der Waals surface area contributed by atoms with Crippen LogP contribution in [0.4, 0.5) is 0 Å². The molecule has 0 fully saturated rings. The molecular formula is C23H43N. The predicted octanol–water partition coefficient (Wildman–Crippen LogP) is 7.17. The number of unbranched alkanes of at least 4 members (excludes halogenated alkanes) is 4. The lowest BCUT2D eigenvalue weighted by atomic mass is 9.75. The van der Waals surface area contributed by atoms with Crippen molar-refractivity contribution in [2.45, 2.75) is 104 Å². The van der Waals surface area contributed by atoms with Crippen LogP contribution in [0, 0.1) is 11.3 Å². The lowest BCUT2D eigenvalue weighted by molar-refractivity contribution is 0.261. The Kier molecular flexibility index (Phi) is 11.4. The van der Waals surface area contributed by atoms with Crippen LogP contribution in [0.5, 0.6) is 0 Å². The van der Waals surface area contributed by atoms with Crippen molar-refractivity contribution in [1.82, 2.24) is 0 Å². The second-order valence-electron chi connectivity index (χ2n) is 8.44. The summed E-state index contributed by atoms with van der Waals surface area (Å²) in [7, 11) is 0. The molecule has 0 spiro atoms. The van der Waals surface area contributed by atoms with Crippen molar-refractivity contribution >= 4 is 0 Å². The van der Waals surface area contributed by atoms with Gasteiger partial charge < -0.3 is 5.73 Å². The quantitative estimate of drug-likeness (QED) is 0.369. The highest BCUT2D eigenvalue weighted by atomic mass is 14.5. The second-order valence-corrected chi connectivity index (χ2v) is 8.44. The summed E-state index contributed by atoms with van der Waals surface area (Å²) in [4.78, 5) is 0. The Morgan fingerprint density at radius 2 is 1.96 bits per heavy atom. The highest BCUT2D eigenvalue weighted by Crippen LogP contribution is 2.37. The highest BCUT2D eigenvalue weighted by Gasteiger charge is 2.24. The molecule has 1 aliphatic rings. The molecule has 0 saturated heterocycles. The molecule has 1 heteroatoms. The molecule has 2 N–H and O–H groups in total. The van der Waals surface area contributed by atoms with Gasteiger partial charge in [0.15, 0.2) is 0 Å². The van der Waals surface area contributed by atoms with Crippen LogP contribution in [0.15, 0.2) is 23.8 Å². The Hall–Kier alpha value is -0.560. The maximum atomic E-state index is 5.95. The van der Waals surface area contributed by atoms with Crippen LogP contribution in [0.25, 0.3) is 0 Å². The third kappa shape index (κ3) is 9.67. The summed E-state index contributed by atoms with van der Waals surface area (Å²) < 4.78 is 0. The molecule has 1 aliphatic carbocycles. The van der Waals surface area contributed by atoms with Crippen LogP contribution in [-0.2, 0) is 0 Å². The summed E-state index contributed by atoms with van der Waals surface area (Å²) in [5, 5.41) is 0. The molecule has 2 atom stereocenters. The smallest absolute Gasteiger partial charge is 0.00720 e. The van der Waals surface area contributed by atoms with Crippen molar-refractivity contribution in [3.63, 3.8) is 0 Å². The number of nitrogens with two attached hydrogens (primary N) is 1. The van der Waals surface area contributed by atoms with Gasteiger partial charge in [-0.3, -0.25) is 0 Å². The van der Waals surface area contributed by atoms with Crippen LogP contribution in [-0.4, -0.2) is 6.54 Å². The van der Waals surface area contributed by atoms with E-state index in [4.69, 9.17) is 5.73 Å². The molecule has 1 nitrogen and oxygen atoms in total. The Bertz CT molecular complexity index is 368. The van der Waals surface area contributed by atoms with E-state index in [0.717, 1.165) is 6.54 Å². The molecule has 0 aromatic rings. The first kappa shape index (κ1) is 21.5. The van der Waals surface area contributed by atoms with E-state index in [-0.39, 0.29) is 0 Å². The fourth-order valence-electron chi connectivity index (χ4n) is 3.99. The van der Waals surface area contributed by atoms with Gasteiger partial charge in [-0.2, -0.15) is 0 Å². The lowest BCUT2D eigenvalue weighted by Gasteiger charge is -2.31. The van der Waals surface area contributed by atoms with Gasteiger partial charge >= 0.3 is 0 Å². The van der Waals surface area contributed by atoms with E-state index in [1.807, 2.05) is 0 Å². The van der Waals surface area contributed by atoms with Gasteiger partial charge in [0, 0.05) is 0 Å². The molecule has 0 saturated carbocycles. The minimum Gasteiger partial charge on any atom is -0.330 e. The molecule has 1 unspecified atom stereocenters. The van der Waals surface area contributed by atoms with E-state index in [2.05, 4.69) is 39.0 Å². The Morgan fingerprint density at radius 3 is 2.71 bits per heavy atom. The number of allylic oxidation sites excluding steroid dienone is 4. The largest absolute Gasteiger partial charge is 0.330 e. The SMILES string of the molecule is CCCCCCC/C1=C\C[C@H](C)/C=C\CCCCC(C)(CCN)C1. The molecule has 0 radical (unpaired) electrons. The van der Waals surface area contributed by atoms with Crippen LogP contribution in [0.3, 0.4) is 0 Å². The number of rotatable bonds is 8. The summed E-state index contributed by atoms with van der Waals surface area (Å²) in [6.45, 7) is 7.96. The van der Waals surface area contributed by atoms with E-state index in [9.17, 15) is 0 Å². The third-order valence-electron chi connectivity index (χ3n) is 5.65. The zero-order valence-corrected chi connectivity index (χ0v) is 16.8. The number of hydrogen-bond acceptors (Lipinski definition) is 1. The minimum atomic E-state index is 0.413. The predicted molar refractivity (Wildman–Crippen MR) is 109 cm³/mol. The summed E-state index contributed by atoms with van der Waals surface area (Å²) in [5.41, 5.74) is 8.08. The molecule has 0 heterocycles. The van der Waals surface area contributed by atoms with Gasteiger partial charge in [0.1, 0.15) is 0 Å². The molecule has 0 aromatic heterocycles. The lowest BCUT2D eigenvalue weighted by Crippen LogP contribution is -2.22. The van der Waals surface area contributed by atoms with E-state index in [1.54, 1.807) is 5.57 Å². The second kappa shape index (κ2) is 12.8. The zero-order valence-electron chi connectivity index (χ0n) is 16.8. The van der Waals surface area contributed by atoms with E-state index >= 15 is 0 Å². The third-order valence-corrected chi connectivity index (χ3v) is 5.65. The van der Waals surface area contributed by atoms with Crippen molar-refractivity contribution in [1.29, 1.82) is 0 Å². The van der Waals surface area contributed by atoms with Crippen molar-refractivity contribution in [2.24, 2.45) is 17.1 Å². The molecule has 1 rings (SSSR count). The Balaban J connectivity index is 2.70. The van der Waals surface area contributed by atoms with Crippen molar-refractivity contribution in [2.75, 3.05) is 6.54 Å². The fraction of sp³-hybridized carbons (Fsp3) is 0.826. The first-order valence-electron chi connectivity index (χ1n) is 10.6. The minimum absolute atomic E-state index is 0.413. The first-order chi connectivity index (χ1) is 11.6. The van der Waals surface area contributed by atoms with Crippen LogP contribution in [0.1, 0.15) is 104 Å². The van der Waals surface area contributed by atoms with Crippen molar-refractivity contribution in [3.05, 3.63) is 23.8 Å². The van der Waals surface area contributed by atoms with E-state index in [1.165, 1.54) is 83.5 Å². The monoisotopic (exact) mass is 333 g/mol. The molecule has 0 aromatic carbocycles. The highest BCUT2D eigenvalue weighted by molar-refractivity contribution is 5.07. The normalized spacial score (nSPS) is 30.0. The van der Waals surface area contributed by atoms with Crippen LogP contribution in [0.2, 0.25) is 0 Å². The summed E-state index contributed by atoms with van der Waals surface area (Å²) in [6.07, 6.45) is 24.5. The Morgan fingerprint density at radius 1 is 1.17 bits per heavy atom. The van der Waals surface area contributed by atoms with E-state index in [0.29, 0.717) is 11.3 Å². The summed E-state index contributed by atoms with van der Waals surface area (Å²) >= 11 is 0. The molecule has 24 heavy (non-hydrogen) atoms. The van der Waals surface area contributed by atoms with E-state index < -0.39 is 0 Å². The van der Waals surface area contributed by atoms with Gasteiger partial charge in [0.25, 0.3) is 0 Å². The standard InChI is InChI=1S/C23H43N/c1-4-5-6-7-11-14-22-16-15-21(2)13-10-8-9-12-17-23(3,20-22)18-19-24/h10,13,16,21H,4-9,11-12,14-15,17-20,24H2,1-3H3/b13-10-,22-16+/t21-,23?/m1/s1. The average Bonchev–Trinajstić information content (AvgIpc) is 2.54. The van der Waals surface area contributed by atoms with Crippen molar-refractivity contribution in [3.8, 4) is 0 Å². The maximum absolute atomic E-state index is 5.95. The molecular weight excluding hydrogens is 290 g/mol. The van der Waals surface area contributed by atoms with Gasteiger partial charge in [-0.25, -0.2) is 0 Å². The fourth-order valence-corrected chi connectivity index (χ4v) is 3.99. The van der Waals surface area contributed by atoms with Gasteiger partial charge in [-0.05, 0) is 69.2 Å². The van der Waals surface area contributed by atoms with Crippen LogP contribution < -0.4 is 5.73 Å². The molecule has 0 bridgehead atoms. The first-order valence-corrected chi connectivity index (χ1v) is 10.6. The van der Waals surface area contributed by atoms with Gasteiger partial charge in [0.05, 0.1) is 0 Å². The van der Waals surface area contributed by atoms with Gasteiger partial charge in [-0.15, -0.1) is 0 Å². The van der Waals surface area contributed by atoms with Crippen LogP contribution >= 0.6 is 0 Å². The number of hydrogen-bond donors (Lipinski definition) is 1. The van der Waals surface area contributed by atoms with Crippen molar-refractivity contribution < 1.29 is 0 Å². The Labute approximate surface area is 152 Å². The average molecular weight is 334 g/mol. The van der Waals surface area contributed by atoms with Gasteiger partial charge in [-0.1, -0.05) is 76.7 Å².